The van der Waals surface area contributed by atoms with E-state index in [0.717, 1.165) is 79.4 Å². The van der Waals surface area contributed by atoms with Crippen LogP contribution in [0.1, 0.15) is 121 Å². The molecular formula is C67H77ClF3N9O10S3. The van der Waals surface area contributed by atoms with Crippen molar-refractivity contribution in [1.82, 2.24) is 29.6 Å². The van der Waals surface area contributed by atoms with E-state index in [2.05, 4.69) is 56.6 Å². The third-order valence-corrected chi connectivity index (χ3v) is 22.2. The Balaban J connectivity index is 0.705. The molecule has 0 bridgehead atoms. The molecular weight excluding hydrogens is 1280 g/mol. The quantitative estimate of drug-likeness (QED) is 0.0242. The average molecular weight is 1360 g/mol. The Morgan fingerprint density at radius 3 is 2.16 bits per heavy atom. The number of hydrogen-bond donors (Lipinski definition) is 4. The van der Waals surface area contributed by atoms with E-state index in [1.165, 1.54) is 46.7 Å². The maximum Gasteiger partial charge on any atom is 0.501 e. The molecule has 4 N–H and O–H groups in total. The van der Waals surface area contributed by atoms with Crippen LogP contribution in [0.2, 0.25) is 5.02 Å². The van der Waals surface area contributed by atoms with Crippen LogP contribution in [0.4, 0.5) is 30.2 Å². The second-order valence-corrected chi connectivity index (χ2v) is 30.1. The lowest BCUT2D eigenvalue weighted by Crippen LogP contribution is -2.54. The van der Waals surface area contributed by atoms with Gasteiger partial charge in [-0.15, -0.1) is 11.8 Å². The van der Waals surface area contributed by atoms with E-state index in [4.69, 9.17) is 11.6 Å². The Kier molecular flexibility index (Phi) is 21.8. The molecule has 4 heterocycles. The van der Waals surface area contributed by atoms with Gasteiger partial charge in [-0.3, -0.25) is 48.8 Å². The van der Waals surface area contributed by atoms with Crippen molar-refractivity contribution in [2.24, 2.45) is 5.41 Å². The van der Waals surface area contributed by atoms with Crippen LogP contribution >= 0.6 is 23.4 Å². The van der Waals surface area contributed by atoms with Crippen LogP contribution in [0, 0.1) is 5.41 Å². The Morgan fingerprint density at radius 2 is 1.46 bits per heavy atom. The molecule has 4 aliphatic heterocycles. The normalized spacial score (nSPS) is 18.7. The summed E-state index contributed by atoms with van der Waals surface area (Å²) in [7, 11) is -11.1. The van der Waals surface area contributed by atoms with Gasteiger partial charge in [-0.2, -0.15) is 13.2 Å². The zero-order chi connectivity index (χ0) is 66.2. The molecule has 2 atom stereocenters. The lowest BCUT2D eigenvalue weighted by atomic mass is 9.73. The van der Waals surface area contributed by atoms with Gasteiger partial charge in [-0.1, -0.05) is 80.3 Å². The third-order valence-electron chi connectivity index (χ3n) is 17.9. The highest BCUT2D eigenvalue weighted by atomic mass is 35.5. The average Bonchev–Trinajstić information content (AvgIpc) is 1.73. The number of thioether (sulfide) groups is 1. The summed E-state index contributed by atoms with van der Waals surface area (Å²) >= 11 is 7.62. The van der Waals surface area contributed by atoms with Gasteiger partial charge < -0.3 is 20.4 Å². The number of unbranched alkanes of at least 4 members (excludes halogenated alkanes) is 3. The fourth-order valence-electron chi connectivity index (χ4n) is 12.7. The fraction of sp³-hybridized carbons (Fsp3) is 0.433. The van der Waals surface area contributed by atoms with Gasteiger partial charge in [-0.05, 0) is 140 Å². The minimum absolute atomic E-state index is 0.00557. The zero-order valence-corrected chi connectivity index (χ0v) is 55.1. The minimum atomic E-state index is -6.16. The van der Waals surface area contributed by atoms with E-state index in [-0.39, 0.29) is 46.6 Å². The summed E-state index contributed by atoms with van der Waals surface area (Å²) in [5.41, 5.74) is -0.457. The zero-order valence-electron chi connectivity index (χ0n) is 51.9. The molecule has 0 spiro atoms. The van der Waals surface area contributed by atoms with Crippen molar-refractivity contribution in [1.29, 1.82) is 0 Å². The molecule has 26 heteroatoms. The Labute approximate surface area is 550 Å². The molecule has 1 aliphatic carbocycles. The largest absolute Gasteiger partial charge is 0.501 e. The summed E-state index contributed by atoms with van der Waals surface area (Å²) in [6, 6.07) is 29.2. The molecule has 3 fully saturated rings. The molecule has 3 saturated heterocycles. The maximum atomic E-state index is 14.5. The number of nitrogens with zero attached hydrogens (tertiary/aromatic N) is 5. The van der Waals surface area contributed by atoms with Crippen LogP contribution in [0.25, 0.3) is 5.57 Å². The monoisotopic (exact) mass is 1360 g/mol. The molecule has 93 heavy (non-hydrogen) atoms. The number of sulfone groups is 1. The van der Waals surface area contributed by atoms with Gasteiger partial charge in [0.05, 0.1) is 21.7 Å². The summed E-state index contributed by atoms with van der Waals surface area (Å²) in [4.78, 5) is 85.9. The highest BCUT2D eigenvalue weighted by Crippen LogP contribution is 2.43. The number of fused-ring (bicyclic) bond motifs is 1. The van der Waals surface area contributed by atoms with Gasteiger partial charge in [0.15, 0.2) is 0 Å². The van der Waals surface area contributed by atoms with Crippen LogP contribution in [0.5, 0.6) is 0 Å². The number of benzene rings is 5. The highest BCUT2D eigenvalue weighted by Gasteiger charge is 2.49. The van der Waals surface area contributed by atoms with E-state index in [1.54, 1.807) is 29.2 Å². The van der Waals surface area contributed by atoms with Crippen LogP contribution < -0.4 is 25.6 Å². The Morgan fingerprint density at radius 1 is 0.763 bits per heavy atom. The number of anilines is 3. The van der Waals surface area contributed by atoms with Crippen LogP contribution in [-0.4, -0.2) is 167 Å². The van der Waals surface area contributed by atoms with Gasteiger partial charge in [0.2, 0.25) is 17.7 Å². The second kappa shape index (κ2) is 29.6. The predicted molar refractivity (Wildman–Crippen MR) is 352 cm³/mol. The van der Waals surface area contributed by atoms with Crippen molar-refractivity contribution < 1.29 is 58.8 Å². The van der Waals surface area contributed by atoms with E-state index >= 15 is 0 Å². The van der Waals surface area contributed by atoms with E-state index < -0.39 is 82.5 Å². The van der Waals surface area contributed by atoms with Crippen molar-refractivity contribution in [3.05, 3.63) is 148 Å². The molecule has 6 amide bonds. The molecule has 0 radical (unpaired) electrons. The number of imide groups is 2. The highest BCUT2D eigenvalue weighted by molar-refractivity contribution is 7.99. The van der Waals surface area contributed by atoms with Gasteiger partial charge in [-0.25, -0.2) is 21.6 Å². The molecule has 5 aliphatic rings. The number of carbonyl (C=O) groups is 6. The predicted octanol–water partition coefficient (Wildman–Crippen LogP) is 10.1. The number of rotatable bonds is 25. The number of amides is 6. The molecule has 0 aromatic heterocycles. The van der Waals surface area contributed by atoms with Gasteiger partial charge in [0.1, 0.15) is 10.9 Å². The molecule has 10 rings (SSSR count). The Hall–Kier alpha value is -7.29. The summed E-state index contributed by atoms with van der Waals surface area (Å²) in [6.45, 7) is 11.3. The molecule has 5 aromatic carbocycles. The number of nitrogens with one attached hydrogen (secondary N) is 4. The fourth-order valence-corrected chi connectivity index (χ4v) is 15.8. The minimum Gasteiger partial charge on any atom is -0.384 e. The first-order valence-electron chi connectivity index (χ1n) is 31.4. The molecule has 0 saturated carbocycles. The second-order valence-electron chi connectivity index (χ2n) is 25.0. The van der Waals surface area contributed by atoms with Gasteiger partial charge in [0.25, 0.3) is 37.6 Å². The smallest absolute Gasteiger partial charge is 0.384 e. The van der Waals surface area contributed by atoms with E-state index in [0.29, 0.717) is 94.8 Å². The first-order chi connectivity index (χ1) is 44.3. The van der Waals surface area contributed by atoms with Crippen molar-refractivity contribution in [3.8, 4) is 0 Å². The summed E-state index contributed by atoms with van der Waals surface area (Å²) in [6.07, 6.45) is 6.74. The number of piperazine rings is 2. The Bertz CT molecular complexity index is 3860. The number of allylic oxidation sites excluding steroid dienone is 1. The summed E-state index contributed by atoms with van der Waals surface area (Å²) in [5.74, 6) is -3.09. The molecule has 1 unspecified atom stereocenters. The lowest BCUT2D eigenvalue weighted by molar-refractivity contribution is -0.136. The summed E-state index contributed by atoms with van der Waals surface area (Å²) < 4.78 is 99.9. The van der Waals surface area contributed by atoms with E-state index in [9.17, 15) is 58.8 Å². The van der Waals surface area contributed by atoms with E-state index in [1.807, 2.05) is 47.2 Å². The van der Waals surface area contributed by atoms with Gasteiger partial charge >= 0.3 is 5.51 Å². The first kappa shape index (κ1) is 68.6. The molecule has 5 aromatic rings. The number of alkyl halides is 3. The van der Waals surface area contributed by atoms with Crippen LogP contribution in [0.3, 0.4) is 0 Å². The first-order valence-corrected chi connectivity index (χ1v) is 35.8. The topological polar surface area (TPSA) is 235 Å². The van der Waals surface area contributed by atoms with Crippen LogP contribution in [0.15, 0.2) is 136 Å². The number of carbonyl (C=O) groups excluding carboxylic acids is 6. The van der Waals surface area contributed by atoms with Crippen LogP contribution in [-0.2, 0) is 34.2 Å². The standard InChI is InChI=1S/C67H77ClF3N9O10S3/c1-66(2)30-28-53(45-16-20-48(68)21-17-45)47(42-66)43-77-35-37-78(38-36-77)50-22-18-46(19-23-50)62(83)75-93(89,90)52-24-25-55(58(41-52)92(87,88)67(69,70)71)73-49(44-91-51-11-6-5-7-12-51)29-32-76-33-39-79(40-34-76)60(82)15-8-3-4-9-31-72-56-14-10-13-54-61(56)65(86)80(64(54)85)57-26-27-59(81)74-63(57)84/h5-7,10-14,16-25,41,49,57,72-73H,3-4,8-9,15,26-40,42-44H2,1-2H3,(H,75,83)(H,74,81,84)/t49-,57?/m1/s1. The van der Waals surface area contributed by atoms with Gasteiger partial charge in [0, 0.05) is 123 Å². The third kappa shape index (κ3) is 16.8. The van der Waals surface area contributed by atoms with Crippen molar-refractivity contribution in [2.45, 2.75) is 117 Å². The molecule has 19 nitrogen and oxygen atoms in total. The van der Waals surface area contributed by atoms with Crippen molar-refractivity contribution in [2.75, 3.05) is 93.3 Å². The number of sulfonamides is 1. The number of halogens is 4. The number of hydrogen-bond acceptors (Lipinski definition) is 16. The van der Waals surface area contributed by atoms with Crippen molar-refractivity contribution in [3.63, 3.8) is 0 Å². The van der Waals surface area contributed by atoms with Crippen molar-refractivity contribution >= 4 is 101 Å². The summed E-state index contributed by atoms with van der Waals surface area (Å²) in [5, 5.41) is 9.16. The maximum absolute atomic E-state index is 14.5. The lowest BCUT2D eigenvalue weighted by Gasteiger charge is -2.39. The number of piperidine rings is 1. The molecule has 496 valence electrons. The SMILES string of the molecule is CC1(C)CCC(c2ccc(Cl)cc2)=C(CN2CCN(c3ccc(C(=O)NS(=O)(=O)c4ccc(N[C@H](CCN5CCN(C(=O)CCCCCCNc6cccc7c6C(=O)N(C6CCC(=O)NC6=O)C7=O)CC5)CSc5ccccc5)c(S(=O)(=O)C(F)(F)F)c4)cc3)CC2)C1.